The van der Waals surface area contributed by atoms with Crippen LogP contribution in [0, 0.1) is 0 Å². The normalized spacial score (nSPS) is 15.1. The number of aliphatic hydroxyl groups is 1. The van der Waals surface area contributed by atoms with Crippen molar-refractivity contribution in [2.24, 2.45) is 5.73 Å². The van der Waals surface area contributed by atoms with Crippen molar-refractivity contribution in [2.45, 2.75) is 38.7 Å². The van der Waals surface area contributed by atoms with Crippen molar-refractivity contribution in [2.75, 3.05) is 13.2 Å². The summed E-state index contributed by atoms with van der Waals surface area (Å²) in [6, 6.07) is 0. The molecule has 13 heavy (non-hydrogen) atoms. The van der Waals surface area contributed by atoms with Gasteiger partial charge in [-0.1, -0.05) is 20.3 Å². The number of unbranched alkanes of at least 4 members (excludes halogenated alkanes) is 1. The first-order chi connectivity index (χ1) is 6.10. The lowest BCUT2D eigenvalue weighted by atomic mass is 10.0. The molecule has 4 nitrogen and oxygen atoms in total. The van der Waals surface area contributed by atoms with Crippen LogP contribution in [0.25, 0.3) is 0 Å². The Morgan fingerprint density at radius 1 is 1.54 bits per heavy atom. The van der Waals surface area contributed by atoms with E-state index < -0.39 is 11.6 Å². The third-order valence-electron chi connectivity index (χ3n) is 2.03. The van der Waals surface area contributed by atoms with Crippen LogP contribution in [0.1, 0.15) is 33.1 Å². The molecule has 0 radical (unpaired) electrons. The number of carbonyl (C=O) groups excluding carboxylic acids is 1. The van der Waals surface area contributed by atoms with Crippen molar-refractivity contribution in [3.63, 3.8) is 0 Å². The largest absolute Gasteiger partial charge is 0.464 e. The molecule has 0 aliphatic carbocycles. The summed E-state index contributed by atoms with van der Waals surface area (Å²) in [4.78, 5) is 11.2. The van der Waals surface area contributed by atoms with Gasteiger partial charge in [0.15, 0.2) is 5.60 Å². The molecular formula is C9H19NO3. The summed E-state index contributed by atoms with van der Waals surface area (Å²) in [5.74, 6) is -0.606. The quantitative estimate of drug-likeness (QED) is 0.469. The van der Waals surface area contributed by atoms with Crippen LogP contribution < -0.4 is 5.73 Å². The Hall–Kier alpha value is -0.610. The van der Waals surface area contributed by atoms with Gasteiger partial charge in [-0.3, -0.25) is 0 Å². The number of hydrogen-bond acceptors (Lipinski definition) is 4. The lowest BCUT2D eigenvalue weighted by Crippen LogP contribution is -2.46. The molecule has 0 rings (SSSR count). The number of esters is 1. The summed E-state index contributed by atoms with van der Waals surface area (Å²) < 4.78 is 4.86. The summed E-state index contributed by atoms with van der Waals surface area (Å²) in [7, 11) is 0. The predicted octanol–water partition coefficient (Wildman–Crippen LogP) is 0.430. The average Bonchev–Trinajstić information content (AvgIpc) is 2.17. The summed E-state index contributed by atoms with van der Waals surface area (Å²) in [6.45, 7) is 3.98. The standard InChI is InChI=1S/C9H19NO3/c1-3-5-6-13-8(11)9(12,4-2)7-10/h12H,3-7,10H2,1-2H3. The van der Waals surface area contributed by atoms with Gasteiger partial charge >= 0.3 is 5.97 Å². The number of carbonyl (C=O) groups is 1. The zero-order valence-corrected chi connectivity index (χ0v) is 8.38. The Kier molecular flexibility index (Phi) is 5.66. The minimum absolute atomic E-state index is 0.0888. The van der Waals surface area contributed by atoms with Gasteiger partial charge in [0.25, 0.3) is 0 Å². The third-order valence-corrected chi connectivity index (χ3v) is 2.03. The second-order valence-corrected chi connectivity index (χ2v) is 3.08. The van der Waals surface area contributed by atoms with Gasteiger partial charge in [-0.2, -0.15) is 0 Å². The third kappa shape index (κ3) is 3.74. The van der Waals surface area contributed by atoms with Gasteiger partial charge in [-0.15, -0.1) is 0 Å². The lowest BCUT2D eigenvalue weighted by Gasteiger charge is -2.22. The van der Waals surface area contributed by atoms with E-state index in [1.165, 1.54) is 0 Å². The van der Waals surface area contributed by atoms with Crippen LogP contribution in [0.4, 0.5) is 0 Å². The molecule has 0 aromatic rings. The molecule has 0 amide bonds. The maximum Gasteiger partial charge on any atom is 0.339 e. The minimum Gasteiger partial charge on any atom is -0.464 e. The van der Waals surface area contributed by atoms with Crippen molar-refractivity contribution in [3.05, 3.63) is 0 Å². The lowest BCUT2D eigenvalue weighted by molar-refractivity contribution is -0.164. The van der Waals surface area contributed by atoms with Crippen molar-refractivity contribution < 1.29 is 14.6 Å². The monoisotopic (exact) mass is 189 g/mol. The Bertz CT molecular complexity index is 155. The molecule has 3 N–H and O–H groups in total. The highest BCUT2D eigenvalue weighted by molar-refractivity contribution is 5.79. The SMILES string of the molecule is CCCCOC(=O)C(O)(CC)CN. The molecule has 78 valence electrons. The zero-order valence-electron chi connectivity index (χ0n) is 8.38. The second-order valence-electron chi connectivity index (χ2n) is 3.08. The Morgan fingerprint density at radius 2 is 2.15 bits per heavy atom. The fourth-order valence-corrected chi connectivity index (χ4v) is 0.816. The van der Waals surface area contributed by atoms with Crippen molar-refractivity contribution in [1.29, 1.82) is 0 Å². The molecule has 0 heterocycles. The molecule has 0 aliphatic rings. The second kappa shape index (κ2) is 5.94. The molecule has 0 spiro atoms. The van der Waals surface area contributed by atoms with Crippen LogP contribution in [0.2, 0.25) is 0 Å². The molecule has 0 saturated carbocycles. The van der Waals surface area contributed by atoms with Gasteiger partial charge in [-0.05, 0) is 12.8 Å². The molecule has 4 heteroatoms. The molecule has 0 aromatic carbocycles. The summed E-state index contributed by atoms with van der Waals surface area (Å²) >= 11 is 0. The van der Waals surface area contributed by atoms with E-state index in [2.05, 4.69) is 0 Å². The first kappa shape index (κ1) is 12.4. The van der Waals surface area contributed by atoms with Crippen LogP contribution >= 0.6 is 0 Å². The van der Waals surface area contributed by atoms with Crippen molar-refractivity contribution in [1.82, 2.24) is 0 Å². The van der Waals surface area contributed by atoms with E-state index in [1.54, 1.807) is 6.92 Å². The van der Waals surface area contributed by atoms with Crippen LogP contribution in [0.15, 0.2) is 0 Å². The Morgan fingerprint density at radius 3 is 2.54 bits per heavy atom. The molecule has 0 saturated heterocycles. The van der Waals surface area contributed by atoms with Crippen LogP contribution in [0.3, 0.4) is 0 Å². The molecular weight excluding hydrogens is 170 g/mol. The summed E-state index contributed by atoms with van der Waals surface area (Å²) in [6.07, 6.45) is 2.06. The molecule has 0 aromatic heterocycles. The molecule has 0 fully saturated rings. The average molecular weight is 189 g/mol. The van der Waals surface area contributed by atoms with E-state index >= 15 is 0 Å². The van der Waals surface area contributed by atoms with Gasteiger partial charge in [-0.25, -0.2) is 4.79 Å². The highest BCUT2D eigenvalue weighted by Gasteiger charge is 2.33. The molecule has 1 atom stereocenters. The van der Waals surface area contributed by atoms with E-state index in [9.17, 15) is 9.90 Å². The number of ether oxygens (including phenoxy) is 1. The van der Waals surface area contributed by atoms with Gasteiger partial charge in [0.2, 0.25) is 0 Å². The Balaban J connectivity index is 3.92. The van der Waals surface area contributed by atoms with E-state index in [0.717, 1.165) is 12.8 Å². The molecule has 1 unspecified atom stereocenters. The van der Waals surface area contributed by atoms with Crippen LogP contribution in [0.5, 0.6) is 0 Å². The van der Waals surface area contributed by atoms with Crippen molar-refractivity contribution >= 4 is 5.97 Å². The first-order valence-electron chi connectivity index (χ1n) is 4.70. The van der Waals surface area contributed by atoms with E-state index in [0.29, 0.717) is 6.61 Å². The van der Waals surface area contributed by atoms with Crippen LogP contribution in [-0.4, -0.2) is 29.8 Å². The summed E-state index contributed by atoms with van der Waals surface area (Å²) in [5, 5.41) is 9.60. The van der Waals surface area contributed by atoms with E-state index in [-0.39, 0.29) is 13.0 Å². The smallest absolute Gasteiger partial charge is 0.339 e. The fourth-order valence-electron chi connectivity index (χ4n) is 0.816. The van der Waals surface area contributed by atoms with Gasteiger partial charge in [0.05, 0.1) is 6.61 Å². The highest BCUT2D eigenvalue weighted by atomic mass is 16.5. The maximum atomic E-state index is 11.2. The van der Waals surface area contributed by atoms with Gasteiger partial charge in [0, 0.05) is 6.54 Å². The molecule has 0 bridgehead atoms. The van der Waals surface area contributed by atoms with Gasteiger partial charge < -0.3 is 15.6 Å². The zero-order chi connectivity index (χ0) is 10.3. The van der Waals surface area contributed by atoms with E-state index in [1.807, 2.05) is 6.92 Å². The minimum atomic E-state index is -1.49. The Labute approximate surface area is 79.1 Å². The number of nitrogens with two attached hydrogens (primary N) is 1. The highest BCUT2D eigenvalue weighted by Crippen LogP contribution is 2.10. The van der Waals surface area contributed by atoms with Gasteiger partial charge in [0.1, 0.15) is 0 Å². The van der Waals surface area contributed by atoms with Crippen molar-refractivity contribution in [3.8, 4) is 0 Å². The predicted molar refractivity (Wildman–Crippen MR) is 50.2 cm³/mol. The number of hydrogen-bond donors (Lipinski definition) is 2. The molecule has 0 aliphatic heterocycles. The maximum absolute atomic E-state index is 11.2. The van der Waals surface area contributed by atoms with E-state index in [4.69, 9.17) is 10.5 Å². The summed E-state index contributed by atoms with van der Waals surface area (Å²) in [5.41, 5.74) is 3.78. The van der Waals surface area contributed by atoms with Crippen LogP contribution in [-0.2, 0) is 9.53 Å². The first-order valence-corrected chi connectivity index (χ1v) is 4.70. The fraction of sp³-hybridized carbons (Fsp3) is 0.889. The topological polar surface area (TPSA) is 72.5 Å². The number of rotatable bonds is 6.